The third-order valence-corrected chi connectivity index (χ3v) is 12.7. The van der Waals surface area contributed by atoms with Crippen molar-refractivity contribution >= 4 is 0 Å². The van der Waals surface area contributed by atoms with E-state index >= 15 is 0 Å². The van der Waals surface area contributed by atoms with Crippen molar-refractivity contribution in [1.82, 2.24) is 0 Å². The Labute approximate surface area is 239 Å². The molecule has 5 heteroatoms. The monoisotopic (exact) mass is 548 g/mol. The SMILES string of the molecule is CC(C)CCC[C@@H](C)[C@H]1CC[C@H]2[C@@H]3CC(C[N+](CCO)(CCO)CCO)=C4C[C@@H](O)CC[C@]4(C)[C@H]3CC[C@]12C. The first-order valence-corrected chi connectivity index (χ1v) is 16.6. The lowest BCUT2D eigenvalue weighted by atomic mass is 9.46. The van der Waals surface area contributed by atoms with Gasteiger partial charge in [-0.3, -0.25) is 0 Å². The topological polar surface area (TPSA) is 80.9 Å². The Morgan fingerprint density at radius 2 is 1.49 bits per heavy atom. The van der Waals surface area contributed by atoms with Crippen LogP contribution in [0, 0.1) is 46.3 Å². The highest BCUT2D eigenvalue weighted by atomic mass is 16.3. The number of hydrogen-bond acceptors (Lipinski definition) is 4. The molecule has 0 aromatic rings. The molecular formula is C34H62NO4+. The summed E-state index contributed by atoms with van der Waals surface area (Å²) in [6, 6.07) is 0. The molecule has 0 heterocycles. The van der Waals surface area contributed by atoms with Crippen molar-refractivity contribution in [2.45, 2.75) is 111 Å². The first-order valence-electron chi connectivity index (χ1n) is 16.6. The summed E-state index contributed by atoms with van der Waals surface area (Å²) in [5.74, 6) is 4.59. The highest BCUT2D eigenvalue weighted by Crippen LogP contribution is 2.68. The number of nitrogens with zero attached hydrogens (tertiary/aromatic N) is 1. The summed E-state index contributed by atoms with van der Waals surface area (Å²) >= 11 is 0. The largest absolute Gasteiger partial charge is 0.393 e. The Morgan fingerprint density at radius 1 is 0.821 bits per heavy atom. The van der Waals surface area contributed by atoms with Gasteiger partial charge in [0.25, 0.3) is 0 Å². The summed E-state index contributed by atoms with van der Waals surface area (Å²) < 4.78 is 0.545. The molecule has 0 spiro atoms. The van der Waals surface area contributed by atoms with Gasteiger partial charge in [-0.15, -0.1) is 0 Å². The van der Waals surface area contributed by atoms with Crippen LogP contribution in [-0.4, -0.2) is 77.0 Å². The molecule has 4 aliphatic rings. The molecule has 4 N–H and O–H groups in total. The van der Waals surface area contributed by atoms with Crippen molar-refractivity contribution in [2.24, 2.45) is 46.3 Å². The second-order valence-corrected chi connectivity index (χ2v) is 15.3. The van der Waals surface area contributed by atoms with Crippen LogP contribution in [0.4, 0.5) is 0 Å². The number of quaternary nitrogens is 1. The van der Waals surface area contributed by atoms with Crippen LogP contribution in [0.1, 0.15) is 105 Å². The van der Waals surface area contributed by atoms with E-state index in [4.69, 9.17) is 0 Å². The van der Waals surface area contributed by atoms with E-state index in [2.05, 4.69) is 34.6 Å². The van der Waals surface area contributed by atoms with Crippen LogP contribution in [-0.2, 0) is 0 Å². The second kappa shape index (κ2) is 12.8. The van der Waals surface area contributed by atoms with Gasteiger partial charge < -0.3 is 24.9 Å². The fourth-order valence-electron chi connectivity index (χ4n) is 10.7. The molecule has 226 valence electrons. The lowest BCUT2D eigenvalue weighted by Gasteiger charge is -2.60. The maximum Gasteiger partial charge on any atom is 0.102 e. The summed E-state index contributed by atoms with van der Waals surface area (Å²) in [5.41, 5.74) is 3.57. The quantitative estimate of drug-likeness (QED) is 0.180. The average molecular weight is 549 g/mol. The maximum absolute atomic E-state index is 10.8. The van der Waals surface area contributed by atoms with E-state index in [0.717, 1.165) is 55.9 Å². The predicted molar refractivity (Wildman–Crippen MR) is 159 cm³/mol. The van der Waals surface area contributed by atoms with Gasteiger partial charge in [0.05, 0.1) is 25.9 Å². The van der Waals surface area contributed by atoms with Gasteiger partial charge in [-0.1, -0.05) is 59.5 Å². The number of rotatable bonds is 13. The molecule has 0 bridgehead atoms. The number of hydrogen-bond donors (Lipinski definition) is 4. The second-order valence-electron chi connectivity index (χ2n) is 15.3. The van der Waals surface area contributed by atoms with Gasteiger partial charge in [-0.05, 0) is 103 Å². The summed E-state index contributed by atoms with van der Waals surface area (Å²) in [6.07, 6.45) is 13.1. The van der Waals surface area contributed by atoms with Crippen LogP contribution in [0.15, 0.2) is 11.1 Å². The van der Waals surface area contributed by atoms with E-state index in [0.29, 0.717) is 41.4 Å². The molecule has 0 radical (unpaired) electrons. The molecule has 5 nitrogen and oxygen atoms in total. The molecule has 0 amide bonds. The van der Waals surface area contributed by atoms with E-state index in [1.54, 1.807) is 0 Å². The average Bonchev–Trinajstić information content (AvgIpc) is 3.23. The smallest absolute Gasteiger partial charge is 0.102 e. The third kappa shape index (κ3) is 6.19. The molecule has 0 aromatic heterocycles. The van der Waals surface area contributed by atoms with Crippen molar-refractivity contribution in [3.8, 4) is 0 Å². The van der Waals surface area contributed by atoms with E-state index < -0.39 is 0 Å². The molecular weight excluding hydrogens is 486 g/mol. The van der Waals surface area contributed by atoms with Crippen LogP contribution >= 0.6 is 0 Å². The van der Waals surface area contributed by atoms with E-state index in [9.17, 15) is 20.4 Å². The third-order valence-electron chi connectivity index (χ3n) is 12.7. The lowest BCUT2D eigenvalue weighted by Crippen LogP contribution is -2.57. The maximum atomic E-state index is 10.8. The van der Waals surface area contributed by atoms with Crippen LogP contribution in [0.3, 0.4) is 0 Å². The molecule has 39 heavy (non-hydrogen) atoms. The molecule has 0 saturated heterocycles. The van der Waals surface area contributed by atoms with Gasteiger partial charge in [0.15, 0.2) is 0 Å². The predicted octanol–water partition coefficient (Wildman–Crippen LogP) is 5.55. The number of aliphatic hydroxyl groups excluding tert-OH is 4. The van der Waals surface area contributed by atoms with E-state index in [-0.39, 0.29) is 31.3 Å². The molecule has 0 unspecified atom stereocenters. The molecule has 0 aromatic carbocycles. The molecule has 3 saturated carbocycles. The Morgan fingerprint density at radius 3 is 2.10 bits per heavy atom. The van der Waals surface area contributed by atoms with Crippen molar-refractivity contribution < 1.29 is 24.9 Å². The van der Waals surface area contributed by atoms with Crippen LogP contribution in [0.5, 0.6) is 0 Å². The Bertz CT molecular complexity index is 824. The zero-order valence-corrected chi connectivity index (χ0v) is 26.0. The Kier molecular flexibility index (Phi) is 10.3. The van der Waals surface area contributed by atoms with E-state index in [1.807, 2.05) is 0 Å². The first-order chi connectivity index (χ1) is 18.5. The van der Waals surface area contributed by atoms with Crippen molar-refractivity contribution in [3.63, 3.8) is 0 Å². The summed E-state index contributed by atoms with van der Waals surface area (Å²) in [7, 11) is 0. The molecule has 0 aliphatic heterocycles. The Hall–Kier alpha value is -0.460. The van der Waals surface area contributed by atoms with Gasteiger partial charge in [-0.2, -0.15) is 0 Å². The van der Waals surface area contributed by atoms with Gasteiger partial charge in [0, 0.05) is 0 Å². The fraction of sp³-hybridized carbons (Fsp3) is 0.941. The minimum atomic E-state index is -0.258. The summed E-state index contributed by atoms with van der Waals surface area (Å²) in [6.45, 7) is 15.1. The van der Waals surface area contributed by atoms with Crippen LogP contribution in [0.25, 0.3) is 0 Å². The number of aliphatic hydroxyl groups is 4. The fourth-order valence-corrected chi connectivity index (χ4v) is 10.7. The molecule has 4 aliphatic carbocycles. The zero-order chi connectivity index (χ0) is 28.4. The zero-order valence-electron chi connectivity index (χ0n) is 26.0. The van der Waals surface area contributed by atoms with Crippen molar-refractivity contribution in [2.75, 3.05) is 46.0 Å². The lowest BCUT2D eigenvalue weighted by molar-refractivity contribution is -0.924. The van der Waals surface area contributed by atoms with Crippen LogP contribution < -0.4 is 0 Å². The normalized spacial score (nSPS) is 37.5. The summed E-state index contributed by atoms with van der Waals surface area (Å²) in [5, 5.41) is 40.8. The minimum Gasteiger partial charge on any atom is -0.393 e. The van der Waals surface area contributed by atoms with Crippen molar-refractivity contribution in [1.29, 1.82) is 0 Å². The summed E-state index contributed by atoms with van der Waals surface area (Å²) in [4.78, 5) is 0. The first kappa shape index (κ1) is 31.5. The number of fused-ring (bicyclic) bond motifs is 5. The van der Waals surface area contributed by atoms with Gasteiger partial charge >= 0.3 is 0 Å². The molecule has 4 rings (SSSR count). The highest BCUT2D eigenvalue weighted by Gasteiger charge is 2.60. The highest BCUT2D eigenvalue weighted by molar-refractivity contribution is 5.32. The molecule has 3 fully saturated rings. The van der Waals surface area contributed by atoms with Gasteiger partial charge in [0.2, 0.25) is 0 Å². The molecule has 8 atom stereocenters. The van der Waals surface area contributed by atoms with E-state index in [1.165, 1.54) is 56.1 Å². The Balaban J connectivity index is 1.64. The van der Waals surface area contributed by atoms with Gasteiger partial charge in [0.1, 0.15) is 26.2 Å². The van der Waals surface area contributed by atoms with Gasteiger partial charge in [-0.25, -0.2) is 0 Å². The standard InChI is InChI=1S/C34H62NO4/c1-24(2)7-6-8-25(3)29-9-10-30-28-21-26(23-35(15-18-36,16-19-37)17-20-38)32-22-27(39)11-13-34(32,5)31(28)12-14-33(29,30)4/h24-25,27-31,36-39H,6-23H2,1-5H3/q+1/t25-,27+,28+,29-,30+,31+,33-,34-/m1/s1. The van der Waals surface area contributed by atoms with Crippen molar-refractivity contribution in [3.05, 3.63) is 11.1 Å². The van der Waals surface area contributed by atoms with Crippen LogP contribution in [0.2, 0.25) is 0 Å². The minimum absolute atomic E-state index is 0.0611.